The number of hydrogen-bond acceptors (Lipinski definition) is 9. The average Bonchev–Trinajstić information content (AvgIpc) is 3.35. The average molecular weight is 475 g/mol. The first kappa shape index (κ1) is 24.4. The molecule has 1 saturated carbocycles. The summed E-state index contributed by atoms with van der Waals surface area (Å²) in [7, 11) is 0. The lowest BCUT2D eigenvalue weighted by atomic mass is 9.87. The van der Waals surface area contributed by atoms with Crippen molar-refractivity contribution in [2.45, 2.75) is 83.2 Å². The molecule has 1 aliphatic carbocycles. The minimum atomic E-state index is -1.30. The Balaban J connectivity index is 1.54. The summed E-state index contributed by atoms with van der Waals surface area (Å²) < 4.78 is 19.0. The van der Waals surface area contributed by atoms with E-state index < -0.39 is 35.8 Å². The van der Waals surface area contributed by atoms with E-state index in [0.29, 0.717) is 23.5 Å². The number of nitrogens with two attached hydrogens (primary N) is 1. The van der Waals surface area contributed by atoms with Crippen molar-refractivity contribution in [3.05, 3.63) is 24.2 Å². The number of aliphatic hydroxyl groups is 1. The maximum absolute atomic E-state index is 12.5. The van der Waals surface area contributed by atoms with E-state index in [-0.39, 0.29) is 18.4 Å². The van der Waals surface area contributed by atoms with Gasteiger partial charge in [-0.1, -0.05) is 33.1 Å². The van der Waals surface area contributed by atoms with Crippen molar-refractivity contribution in [1.82, 2.24) is 14.6 Å². The number of aromatic nitrogens is 3. The number of fused-ring (bicyclic) bond motifs is 1. The summed E-state index contributed by atoms with van der Waals surface area (Å²) in [6, 6.07) is 3.47. The van der Waals surface area contributed by atoms with E-state index in [1.807, 2.05) is 0 Å². The topological polar surface area (TPSA) is 138 Å². The third-order valence-electron chi connectivity index (χ3n) is 6.94. The first-order chi connectivity index (χ1) is 16.2. The lowest BCUT2D eigenvalue weighted by Gasteiger charge is -2.27. The number of aliphatic hydroxyl groups excluding tert-OH is 1. The van der Waals surface area contributed by atoms with Gasteiger partial charge < -0.3 is 25.1 Å². The Bertz CT molecular complexity index is 1030. The van der Waals surface area contributed by atoms with E-state index in [0.717, 1.165) is 25.7 Å². The van der Waals surface area contributed by atoms with Gasteiger partial charge in [-0.2, -0.15) is 5.10 Å². The fourth-order valence-electron chi connectivity index (χ4n) is 4.91. The van der Waals surface area contributed by atoms with Crippen LogP contribution in [0.2, 0.25) is 0 Å². The Morgan fingerprint density at radius 2 is 2.03 bits per heavy atom. The fraction of sp³-hybridized carbons (Fsp3) is 0.667. The third-order valence-corrected chi connectivity index (χ3v) is 6.94. The molecule has 2 fully saturated rings. The van der Waals surface area contributed by atoms with Crippen LogP contribution in [0.1, 0.15) is 65.0 Å². The van der Waals surface area contributed by atoms with Crippen LogP contribution in [0.5, 0.6) is 0 Å². The summed E-state index contributed by atoms with van der Waals surface area (Å²) in [4.78, 5) is 28.9. The van der Waals surface area contributed by atoms with Gasteiger partial charge in [-0.25, -0.2) is 9.50 Å². The molecular formula is C24H34N4O6. The molecule has 34 heavy (non-hydrogen) atoms. The van der Waals surface area contributed by atoms with Gasteiger partial charge >= 0.3 is 11.9 Å². The monoisotopic (exact) mass is 474 g/mol. The first-order valence-electron chi connectivity index (χ1n) is 12.0. The number of rotatable bonds is 7. The molecule has 0 aromatic carbocycles. The normalized spacial score (nSPS) is 27.9. The van der Waals surface area contributed by atoms with Crippen molar-refractivity contribution in [3.63, 3.8) is 0 Å². The van der Waals surface area contributed by atoms with E-state index in [9.17, 15) is 14.7 Å². The van der Waals surface area contributed by atoms with Crippen molar-refractivity contribution in [2.24, 2.45) is 11.8 Å². The maximum Gasteiger partial charge on any atom is 0.308 e. The van der Waals surface area contributed by atoms with Crippen LogP contribution >= 0.6 is 0 Å². The lowest BCUT2D eigenvalue weighted by Crippen LogP contribution is -2.43. The first-order valence-corrected chi connectivity index (χ1v) is 12.0. The van der Waals surface area contributed by atoms with Crippen LogP contribution in [-0.4, -0.2) is 56.6 Å². The molecule has 10 nitrogen and oxygen atoms in total. The lowest BCUT2D eigenvalue weighted by molar-refractivity contribution is -0.163. The van der Waals surface area contributed by atoms with Gasteiger partial charge in [-0.05, 0) is 37.8 Å². The highest BCUT2D eigenvalue weighted by Gasteiger charge is 2.56. The number of hydrogen-bond donors (Lipinski definition) is 2. The number of ether oxygens (including phenoxy) is 3. The molecule has 3 N–H and O–H groups in total. The summed E-state index contributed by atoms with van der Waals surface area (Å²) in [5.74, 6) is -0.542. The van der Waals surface area contributed by atoms with Crippen molar-refractivity contribution < 1.29 is 28.9 Å². The Labute approximate surface area is 198 Å². The molecular weight excluding hydrogens is 440 g/mol. The number of carbonyl (C=O) groups excluding carboxylic acids is 2. The van der Waals surface area contributed by atoms with Gasteiger partial charge in [-0.15, -0.1) is 0 Å². The highest BCUT2D eigenvalue weighted by molar-refractivity contribution is 5.72. The largest absolute Gasteiger partial charge is 0.463 e. The molecule has 1 saturated heterocycles. The predicted molar refractivity (Wildman–Crippen MR) is 123 cm³/mol. The summed E-state index contributed by atoms with van der Waals surface area (Å²) >= 11 is 0. The van der Waals surface area contributed by atoms with E-state index in [4.69, 9.17) is 19.9 Å². The smallest absolute Gasteiger partial charge is 0.308 e. The second-order valence-corrected chi connectivity index (χ2v) is 9.82. The molecule has 0 unspecified atom stereocenters. The van der Waals surface area contributed by atoms with Crippen LogP contribution in [-0.2, 0) is 29.4 Å². The Hall–Kier alpha value is -2.72. The zero-order valence-electron chi connectivity index (χ0n) is 20.0. The molecule has 4 rings (SSSR count). The molecule has 0 radical (unpaired) electrons. The van der Waals surface area contributed by atoms with Gasteiger partial charge in [0.1, 0.15) is 36.3 Å². The van der Waals surface area contributed by atoms with Crippen molar-refractivity contribution in [1.29, 1.82) is 0 Å². The quantitative estimate of drug-likeness (QED) is 0.579. The molecule has 0 spiro atoms. The van der Waals surface area contributed by atoms with E-state index in [1.54, 1.807) is 37.4 Å². The molecule has 1 aliphatic heterocycles. The van der Waals surface area contributed by atoms with Gasteiger partial charge in [0.25, 0.3) is 0 Å². The van der Waals surface area contributed by atoms with Gasteiger partial charge in [0.05, 0.1) is 11.6 Å². The molecule has 4 atom stereocenters. The van der Waals surface area contributed by atoms with Crippen molar-refractivity contribution >= 4 is 23.3 Å². The molecule has 2 aromatic rings. The van der Waals surface area contributed by atoms with E-state index in [2.05, 4.69) is 10.1 Å². The third kappa shape index (κ3) is 4.74. The van der Waals surface area contributed by atoms with Crippen LogP contribution in [0.25, 0.3) is 5.52 Å². The second-order valence-electron chi connectivity index (χ2n) is 9.82. The summed E-state index contributed by atoms with van der Waals surface area (Å²) in [5, 5.41) is 15.6. The van der Waals surface area contributed by atoms with Crippen LogP contribution < -0.4 is 5.73 Å². The van der Waals surface area contributed by atoms with E-state index in [1.165, 1.54) is 12.7 Å². The van der Waals surface area contributed by atoms with Crippen molar-refractivity contribution in [3.8, 4) is 0 Å². The highest BCUT2D eigenvalue weighted by atomic mass is 16.6. The standard InChI is InChI=1S/C24H34N4O6/c1-14(2)23(31)33-20-17(12-32-19(29)11-15-7-5-4-6-8-15)34-24(3,21(20)30)18-10-9-16-22(25)26-13-27-28(16)18/h9-10,13-15,17,20-21,30H,4-8,11-12H2,1-3H3,(H2,25,26,27)/t17-,20-,21-,24+/m1/s1. The van der Waals surface area contributed by atoms with Gasteiger partial charge in [-0.3, -0.25) is 9.59 Å². The highest BCUT2D eigenvalue weighted by Crippen LogP contribution is 2.42. The Morgan fingerprint density at radius 1 is 1.29 bits per heavy atom. The number of nitrogens with zero attached hydrogens (tertiary/aromatic N) is 3. The number of esters is 2. The minimum Gasteiger partial charge on any atom is -0.463 e. The van der Waals surface area contributed by atoms with E-state index >= 15 is 0 Å². The molecule has 0 bridgehead atoms. The Kier molecular flexibility index (Phi) is 7.09. The molecule has 0 amide bonds. The number of anilines is 1. The van der Waals surface area contributed by atoms with Gasteiger partial charge in [0.2, 0.25) is 0 Å². The molecule has 10 heteroatoms. The van der Waals surface area contributed by atoms with Crippen LogP contribution in [0.3, 0.4) is 0 Å². The predicted octanol–water partition coefficient (Wildman–Crippen LogP) is 2.37. The summed E-state index contributed by atoms with van der Waals surface area (Å²) in [5.41, 5.74) is 5.74. The molecule has 2 aromatic heterocycles. The zero-order valence-corrected chi connectivity index (χ0v) is 20.0. The molecule has 3 heterocycles. The SMILES string of the molecule is CC(C)C(=O)O[C@H]1[C@@H](O)[C@](C)(c2ccc3c(N)ncnn23)O[C@@H]1COC(=O)CC1CCCCC1. The molecule has 2 aliphatic rings. The fourth-order valence-corrected chi connectivity index (χ4v) is 4.91. The minimum absolute atomic E-state index is 0.130. The van der Waals surface area contributed by atoms with Crippen LogP contribution in [0, 0.1) is 11.8 Å². The second kappa shape index (κ2) is 9.87. The summed E-state index contributed by atoms with van der Waals surface area (Å²) in [6.45, 7) is 4.98. The van der Waals surface area contributed by atoms with Crippen molar-refractivity contribution in [2.75, 3.05) is 12.3 Å². The molecule has 186 valence electrons. The van der Waals surface area contributed by atoms with Gasteiger partial charge in [0.15, 0.2) is 11.9 Å². The number of carbonyl (C=O) groups is 2. The zero-order chi connectivity index (χ0) is 24.5. The number of nitrogen functional groups attached to an aromatic ring is 1. The Morgan fingerprint density at radius 3 is 2.74 bits per heavy atom. The summed E-state index contributed by atoms with van der Waals surface area (Å²) in [6.07, 6.45) is 4.15. The maximum atomic E-state index is 12.5. The van der Waals surface area contributed by atoms with Gasteiger partial charge in [0, 0.05) is 6.42 Å². The van der Waals surface area contributed by atoms with Crippen LogP contribution in [0.4, 0.5) is 5.82 Å². The van der Waals surface area contributed by atoms with Crippen LogP contribution in [0.15, 0.2) is 18.5 Å².